The Morgan fingerprint density at radius 2 is 1.90 bits per heavy atom. The fraction of sp³-hybridized carbons (Fsp3) is 0.296. The third-order valence-corrected chi connectivity index (χ3v) is 6.60. The Bertz CT molecular complexity index is 1620. The van der Waals surface area contributed by atoms with E-state index in [1.165, 1.54) is 19.2 Å². The van der Waals surface area contributed by atoms with Gasteiger partial charge in [0.15, 0.2) is 11.5 Å². The molecule has 2 N–H and O–H groups in total. The summed E-state index contributed by atoms with van der Waals surface area (Å²) in [6, 6.07) is 10.0. The number of ether oxygens (including phenoxy) is 1. The van der Waals surface area contributed by atoms with Crippen LogP contribution in [-0.2, 0) is 6.18 Å². The predicted molar refractivity (Wildman–Crippen MR) is 138 cm³/mol. The SMILES string of the molecule is COc1ccc(-c2nc(C(=O)N3CCN(c4ncccc4C#N)CC3)c([C@H](C)N)o2)c2ccc(C(F)(F)F)nc12. The highest BCUT2D eigenvalue weighted by Gasteiger charge is 2.34. The number of amides is 1. The van der Waals surface area contributed by atoms with Crippen LogP contribution in [0.15, 0.2) is 47.0 Å². The number of aromatic nitrogens is 3. The normalized spacial score (nSPS) is 14.7. The molecule has 1 saturated heterocycles. The second-order valence-electron chi connectivity index (χ2n) is 9.19. The second kappa shape index (κ2) is 10.5. The molecule has 40 heavy (non-hydrogen) atoms. The van der Waals surface area contributed by atoms with Crippen molar-refractivity contribution >= 4 is 22.6 Å². The number of nitrogens with zero attached hydrogens (tertiary/aromatic N) is 6. The topological polar surface area (TPSA) is 134 Å². The van der Waals surface area contributed by atoms with Gasteiger partial charge in [0.2, 0.25) is 5.89 Å². The maximum Gasteiger partial charge on any atom is 0.433 e. The number of pyridine rings is 2. The van der Waals surface area contributed by atoms with E-state index in [9.17, 15) is 23.2 Å². The Labute approximate surface area is 226 Å². The standard InChI is InChI=1S/C27H24F3N7O3/c1-15(32)23-22(26(38)37-12-10-36(11-13-37)24-16(14-31)4-3-9-33-24)35-25(40-23)18-5-7-19(39-2)21-17(18)6-8-20(34-21)27(28,29)30/h3-9,15H,10-13,32H2,1-2H3/t15-/m0/s1. The summed E-state index contributed by atoms with van der Waals surface area (Å²) in [5.41, 5.74) is 5.84. The van der Waals surface area contributed by atoms with Crippen molar-refractivity contribution in [1.82, 2.24) is 19.9 Å². The van der Waals surface area contributed by atoms with Crippen molar-refractivity contribution in [2.75, 3.05) is 38.2 Å². The van der Waals surface area contributed by atoms with Gasteiger partial charge in [-0.1, -0.05) is 0 Å². The van der Waals surface area contributed by atoms with Crippen LogP contribution in [0.2, 0.25) is 0 Å². The van der Waals surface area contributed by atoms with E-state index >= 15 is 0 Å². The molecule has 0 spiro atoms. The number of rotatable bonds is 5. The van der Waals surface area contributed by atoms with Gasteiger partial charge in [0.05, 0.1) is 18.7 Å². The molecule has 1 aliphatic rings. The van der Waals surface area contributed by atoms with Crippen molar-refractivity contribution < 1.29 is 27.1 Å². The van der Waals surface area contributed by atoms with Crippen molar-refractivity contribution in [2.45, 2.75) is 19.1 Å². The number of hydrogen-bond acceptors (Lipinski definition) is 9. The molecule has 5 rings (SSSR count). The van der Waals surface area contributed by atoms with Crippen LogP contribution in [0.3, 0.4) is 0 Å². The Balaban J connectivity index is 1.47. The molecule has 1 fully saturated rings. The van der Waals surface area contributed by atoms with Gasteiger partial charge in [-0.3, -0.25) is 4.79 Å². The van der Waals surface area contributed by atoms with Crippen LogP contribution in [0, 0.1) is 11.3 Å². The van der Waals surface area contributed by atoms with Crippen molar-refractivity contribution in [3.8, 4) is 23.3 Å². The highest BCUT2D eigenvalue weighted by Crippen LogP contribution is 2.37. The Hall–Kier alpha value is -4.70. The fourth-order valence-electron chi connectivity index (χ4n) is 4.62. The molecule has 0 bridgehead atoms. The molecule has 1 amide bonds. The number of nitrogens with two attached hydrogens (primary N) is 1. The van der Waals surface area contributed by atoms with Crippen molar-refractivity contribution in [3.63, 3.8) is 0 Å². The average Bonchev–Trinajstić information content (AvgIpc) is 3.41. The van der Waals surface area contributed by atoms with E-state index < -0.39 is 23.8 Å². The van der Waals surface area contributed by atoms with Crippen LogP contribution in [0.4, 0.5) is 19.0 Å². The summed E-state index contributed by atoms with van der Waals surface area (Å²) in [5.74, 6) is 0.494. The molecule has 0 radical (unpaired) electrons. The molecule has 1 atom stereocenters. The van der Waals surface area contributed by atoms with Gasteiger partial charge in [-0.25, -0.2) is 15.0 Å². The molecule has 4 aromatic rings. The molecule has 0 aliphatic carbocycles. The first-order chi connectivity index (χ1) is 19.1. The number of anilines is 1. The molecule has 0 saturated carbocycles. The molecule has 1 aromatic carbocycles. The summed E-state index contributed by atoms with van der Waals surface area (Å²) in [7, 11) is 1.33. The lowest BCUT2D eigenvalue weighted by molar-refractivity contribution is -0.140. The lowest BCUT2D eigenvalue weighted by Crippen LogP contribution is -2.49. The lowest BCUT2D eigenvalue weighted by Gasteiger charge is -2.35. The Morgan fingerprint density at radius 3 is 2.55 bits per heavy atom. The summed E-state index contributed by atoms with van der Waals surface area (Å²) in [5, 5.41) is 9.70. The molecular weight excluding hydrogens is 527 g/mol. The molecule has 10 nitrogen and oxygen atoms in total. The lowest BCUT2D eigenvalue weighted by atomic mass is 10.1. The van der Waals surface area contributed by atoms with Gasteiger partial charge in [0, 0.05) is 43.3 Å². The molecule has 4 heterocycles. The van der Waals surface area contributed by atoms with Crippen LogP contribution in [0.5, 0.6) is 5.75 Å². The van der Waals surface area contributed by atoms with E-state index in [2.05, 4.69) is 21.0 Å². The zero-order valence-corrected chi connectivity index (χ0v) is 21.6. The molecule has 206 valence electrons. The van der Waals surface area contributed by atoms with Gasteiger partial charge >= 0.3 is 6.18 Å². The first-order valence-corrected chi connectivity index (χ1v) is 12.3. The summed E-state index contributed by atoms with van der Waals surface area (Å²) in [6.07, 6.45) is -3.03. The number of piperazine rings is 1. The van der Waals surface area contributed by atoms with Crippen LogP contribution in [0.1, 0.15) is 40.5 Å². The Kier molecular flexibility index (Phi) is 7.03. The molecular formula is C27H24F3N7O3. The maximum atomic E-state index is 13.6. The van der Waals surface area contributed by atoms with E-state index in [0.29, 0.717) is 48.5 Å². The van der Waals surface area contributed by atoms with Gasteiger partial charge in [0.1, 0.15) is 28.8 Å². The van der Waals surface area contributed by atoms with Crippen LogP contribution >= 0.6 is 0 Å². The van der Waals surface area contributed by atoms with E-state index in [-0.39, 0.29) is 28.6 Å². The third kappa shape index (κ3) is 4.89. The Morgan fingerprint density at radius 1 is 1.15 bits per heavy atom. The number of methoxy groups -OCH3 is 1. The number of carbonyl (C=O) groups is 1. The summed E-state index contributed by atoms with van der Waals surface area (Å²) in [6.45, 7) is 3.23. The average molecular weight is 552 g/mol. The zero-order valence-electron chi connectivity index (χ0n) is 21.6. The highest BCUT2D eigenvalue weighted by molar-refractivity contribution is 5.98. The summed E-state index contributed by atoms with van der Waals surface area (Å²) in [4.78, 5) is 29.7. The van der Waals surface area contributed by atoms with Gasteiger partial charge in [0.25, 0.3) is 5.91 Å². The number of halogens is 3. The summed E-state index contributed by atoms with van der Waals surface area (Å²) >= 11 is 0. The number of alkyl halides is 3. The highest BCUT2D eigenvalue weighted by atomic mass is 19.4. The van der Waals surface area contributed by atoms with Gasteiger partial charge in [-0.15, -0.1) is 0 Å². The fourth-order valence-corrected chi connectivity index (χ4v) is 4.62. The largest absolute Gasteiger partial charge is 0.494 e. The van der Waals surface area contributed by atoms with Crippen LogP contribution < -0.4 is 15.4 Å². The monoisotopic (exact) mass is 551 g/mol. The smallest absolute Gasteiger partial charge is 0.433 e. The quantitative estimate of drug-likeness (QED) is 0.388. The van der Waals surface area contributed by atoms with Gasteiger partial charge in [-0.05, 0) is 43.3 Å². The predicted octanol–water partition coefficient (Wildman–Crippen LogP) is 4.17. The number of benzene rings is 1. The third-order valence-electron chi connectivity index (χ3n) is 6.60. The maximum absolute atomic E-state index is 13.6. The summed E-state index contributed by atoms with van der Waals surface area (Å²) < 4.78 is 51.2. The first kappa shape index (κ1) is 26.9. The number of oxazole rings is 1. The number of carbonyl (C=O) groups excluding carboxylic acids is 1. The first-order valence-electron chi connectivity index (χ1n) is 12.3. The minimum Gasteiger partial charge on any atom is -0.494 e. The number of fused-ring (bicyclic) bond motifs is 1. The van der Waals surface area contributed by atoms with E-state index in [4.69, 9.17) is 14.9 Å². The molecule has 13 heteroatoms. The minimum atomic E-state index is -4.64. The van der Waals surface area contributed by atoms with Gasteiger partial charge < -0.3 is 24.7 Å². The van der Waals surface area contributed by atoms with E-state index in [1.807, 2.05) is 4.90 Å². The van der Waals surface area contributed by atoms with Crippen molar-refractivity contribution in [2.24, 2.45) is 5.73 Å². The molecule has 1 aliphatic heterocycles. The van der Waals surface area contributed by atoms with Crippen LogP contribution in [-0.4, -0.2) is 59.0 Å². The van der Waals surface area contributed by atoms with Gasteiger partial charge in [-0.2, -0.15) is 18.4 Å². The minimum absolute atomic E-state index is 0.0226. The second-order valence-corrected chi connectivity index (χ2v) is 9.19. The van der Waals surface area contributed by atoms with Crippen molar-refractivity contribution in [1.29, 1.82) is 5.26 Å². The van der Waals surface area contributed by atoms with E-state index in [1.54, 1.807) is 36.2 Å². The zero-order chi connectivity index (χ0) is 28.6. The number of hydrogen-bond donors (Lipinski definition) is 1. The molecule has 0 unspecified atom stereocenters. The molecule has 3 aromatic heterocycles. The number of nitriles is 1. The van der Waals surface area contributed by atoms with Crippen molar-refractivity contribution in [3.05, 3.63) is 65.3 Å². The van der Waals surface area contributed by atoms with Crippen LogP contribution in [0.25, 0.3) is 22.4 Å². The van der Waals surface area contributed by atoms with E-state index in [0.717, 1.165) is 6.07 Å².